The van der Waals surface area contributed by atoms with Crippen LogP contribution in [-0.2, 0) is 32.6 Å². The van der Waals surface area contributed by atoms with Crippen LogP contribution in [-0.4, -0.2) is 49.5 Å². The maximum Gasteiger partial charge on any atom is 0.244 e. The maximum absolute atomic E-state index is 14.4. The second kappa shape index (κ2) is 12.8. The Kier molecular flexibility index (Phi) is 9.36. The van der Waals surface area contributed by atoms with Crippen molar-refractivity contribution in [2.24, 2.45) is 0 Å². The molecule has 4 aromatic rings. The molecule has 1 atom stereocenters. The van der Waals surface area contributed by atoms with Crippen LogP contribution in [0.15, 0.2) is 97.1 Å². The van der Waals surface area contributed by atoms with E-state index in [1.165, 1.54) is 4.90 Å². The first-order valence-corrected chi connectivity index (χ1v) is 15.8. The maximum atomic E-state index is 14.4. The van der Waals surface area contributed by atoms with Crippen molar-refractivity contribution < 1.29 is 18.0 Å². The molecule has 7 nitrogen and oxygen atoms in total. The van der Waals surface area contributed by atoms with Crippen LogP contribution < -0.4 is 9.62 Å². The molecule has 4 rings (SSSR count). The third kappa shape index (κ3) is 7.76. The summed E-state index contributed by atoms with van der Waals surface area (Å²) in [5.41, 5.74) is 2.62. The average Bonchev–Trinajstić information content (AvgIpc) is 2.93. The van der Waals surface area contributed by atoms with E-state index in [9.17, 15) is 18.0 Å². The van der Waals surface area contributed by atoms with Gasteiger partial charge in [-0.2, -0.15) is 0 Å². The second-order valence-electron chi connectivity index (χ2n) is 11.7. The number of carbonyl (C=O) groups is 2. The first kappa shape index (κ1) is 30.8. The van der Waals surface area contributed by atoms with Crippen LogP contribution in [0, 0.1) is 6.92 Å². The molecule has 0 saturated heterocycles. The van der Waals surface area contributed by atoms with Crippen molar-refractivity contribution >= 4 is 38.3 Å². The van der Waals surface area contributed by atoms with Crippen molar-refractivity contribution in [1.82, 2.24) is 10.2 Å². The highest BCUT2D eigenvalue weighted by Crippen LogP contribution is 2.29. The van der Waals surface area contributed by atoms with Gasteiger partial charge in [-0.1, -0.05) is 91.0 Å². The summed E-state index contributed by atoms with van der Waals surface area (Å²) in [7, 11) is -3.87. The predicted molar refractivity (Wildman–Crippen MR) is 170 cm³/mol. The number of anilines is 1. The lowest BCUT2D eigenvalue weighted by Crippen LogP contribution is -2.56. The SMILES string of the molecule is Cc1ccccc1CN(C(=O)CN(c1cccc2ccccc12)S(C)(=O)=O)[C@@H](Cc1ccccc1)C(=O)NC(C)(C)C. The highest BCUT2D eigenvalue weighted by atomic mass is 32.2. The molecule has 220 valence electrons. The van der Waals surface area contributed by atoms with Crippen molar-refractivity contribution in [2.45, 2.75) is 52.2 Å². The van der Waals surface area contributed by atoms with E-state index < -0.39 is 34.1 Å². The minimum absolute atomic E-state index is 0.147. The van der Waals surface area contributed by atoms with Crippen LogP contribution in [0.25, 0.3) is 10.8 Å². The topological polar surface area (TPSA) is 86.8 Å². The van der Waals surface area contributed by atoms with E-state index in [4.69, 9.17) is 0 Å². The molecule has 0 saturated carbocycles. The molecule has 0 aliphatic heterocycles. The third-order valence-electron chi connectivity index (χ3n) is 7.09. The van der Waals surface area contributed by atoms with Gasteiger partial charge in [-0.05, 0) is 55.8 Å². The van der Waals surface area contributed by atoms with E-state index >= 15 is 0 Å². The first-order chi connectivity index (χ1) is 19.8. The molecule has 0 bridgehead atoms. The zero-order valence-corrected chi connectivity index (χ0v) is 25.7. The van der Waals surface area contributed by atoms with Crippen molar-refractivity contribution in [1.29, 1.82) is 0 Å². The fourth-order valence-electron chi connectivity index (χ4n) is 5.00. The lowest BCUT2D eigenvalue weighted by atomic mass is 10.00. The average molecular weight is 586 g/mol. The van der Waals surface area contributed by atoms with Crippen molar-refractivity contribution in [3.05, 3.63) is 114 Å². The van der Waals surface area contributed by atoms with Gasteiger partial charge in [0.2, 0.25) is 21.8 Å². The van der Waals surface area contributed by atoms with Gasteiger partial charge in [0.15, 0.2) is 0 Å². The van der Waals surface area contributed by atoms with Crippen LogP contribution in [0.3, 0.4) is 0 Å². The lowest BCUT2D eigenvalue weighted by Gasteiger charge is -2.35. The van der Waals surface area contributed by atoms with E-state index in [0.29, 0.717) is 5.69 Å². The summed E-state index contributed by atoms with van der Waals surface area (Å²) in [4.78, 5) is 29.8. The van der Waals surface area contributed by atoms with Gasteiger partial charge in [-0.25, -0.2) is 8.42 Å². The molecule has 42 heavy (non-hydrogen) atoms. The molecular formula is C34H39N3O4S. The molecule has 2 amide bonds. The lowest BCUT2D eigenvalue weighted by molar-refractivity contribution is -0.140. The summed E-state index contributed by atoms with van der Waals surface area (Å²) >= 11 is 0. The first-order valence-electron chi connectivity index (χ1n) is 14.0. The van der Waals surface area contributed by atoms with Gasteiger partial charge in [0, 0.05) is 23.9 Å². The Morgan fingerprint density at radius 3 is 2.12 bits per heavy atom. The molecule has 0 aliphatic rings. The van der Waals surface area contributed by atoms with E-state index in [0.717, 1.165) is 38.0 Å². The molecule has 0 spiro atoms. The minimum atomic E-state index is -3.87. The molecule has 0 aliphatic carbocycles. The number of carbonyl (C=O) groups excluding carboxylic acids is 2. The van der Waals surface area contributed by atoms with Crippen LogP contribution >= 0.6 is 0 Å². The zero-order chi connectivity index (χ0) is 30.5. The quantitative estimate of drug-likeness (QED) is 0.268. The van der Waals surface area contributed by atoms with Crippen molar-refractivity contribution in [3.63, 3.8) is 0 Å². The smallest absolute Gasteiger partial charge is 0.244 e. The largest absolute Gasteiger partial charge is 0.350 e. The number of fused-ring (bicyclic) bond motifs is 1. The third-order valence-corrected chi connectivity index (χ3v) is 8.21. The standard InChI is InChI=1S/C34H39N3O4S/c1-25-14-9-10-18-28(25)23-36(31(33(39)35-34(2,3)4)22-26-15-7-6-8-16-26)32(38)24-37(42(5,40)41)30-21-13-19-27-17-11-12-20-29(27)30/h6-21,31H,22-24H2,1-5H3,(H,35,39)/t31-/m0/s1. The number of amides is 2. The van der Waals surface area contributed by atoms with Gasteiger partial charge in [-0.3, -0.25) is 13.9 Å². The number of nitrogens with one attached hydrogen (secondary N) is 1. The molecule has 8 heteroatoms. The normalized spacial score (nSPS) is 12.5. The van der Waals surface area contributed by atoms with Crippen molar-refractivity contribution in [2.75, 3.05) is 17.1 Å². The van der Waals surface area contributed by atoms with Crippen LogP contribution in [0.1, 0.15) is 37.5 Å². The predicted octanol–water partition coefficient (Wildman–Crippen LogP) is 5.47. The molecule has 0 radical (unpaired) electrons. The summed E-state index contributed by atoms with van der Waals surface area (Å²) in [5, 5.41) is 4.63. The summed E-state index contributed by atoms with van der Waals surface area (Å²) in [6.45, 7) is 7.33. The molecule has 0 heterocycles. The molecule has 0 aromatic heterocycles. The minimum Gasteiger partial charge on any atom is -0.350 e. The number of benzene rings is 4. The highest BCUT2D eigenvalue weighted by Gasteiger charge is 2.34. The Hall–Kier alpha value is -4.17. The van der Waals surface area contributed by atoms with E-state index in [-0.39, 0.29) is 18.9 Å². The zero-order valence-electron chi connectivity index (χ0n) is 24.9. The molecule has 0 fully saturated rings. The second-order valence-corrected chi connectivity index (χ2v) is 13.6. The molecule has 0 unspecified atom stereocenters. The van der Waals surface area contributed by atoms with E-state index in [1.807, 2.05) is 113 Å². The number of nitrogens with zero attached hydrogens (tertiary/aromatic N) is 2. The fraction of sp³-hybridized carbons (Fsp3) is 0.294. The van der Waals surface area contributed by atoms with Gasteiger partial charge in [0.1, 0.15) is 12.6 Å². The molecular weight excluding hydrogens is 546 g/mol. The fourth-order valence-corrected chi connectivity index (χ4v) is 5.86. The summed E-state index contributed by atoms with van der Waals surface area (Å²) < 4.78 is 27.6. The number of hydrogen-bond acceptors (Lipinski definition) is 4. The summed E-state index contributed by atoms with van der Waals surface area (Å²) in [6, 6.07) is 29.2. The Bertz CT molecular complexity index is 1660. The Balaban J connectivity index is 1.81. The van der Waals surface area contributed by atoms with Crippen LogP contribution in [0.5, 0.6) is 0 Å². The van der Waals surface area contributed by atoms with E-state index in [1.54, 1.807) is 12.1 Å². The summed E-state index contributed by atoms with van der Waals surface area (Å²) in [5.74, 6) is -0.772. The molecule has 4 aromatic carbocycles. The van der Waals surface area contributed by atoms with Crippen molar-refractivity contribution in [3.8, 4) is 0 Å². The van der Waals surface area contributed by atoms with Gasteiger partial charge >= 0.3 is 0 Å². The summed E-state index contributed by atoms with van der Waals surface area (Å²) in [6.07, 6.45) is 1.37. The van der Waals surface area contributed by atoms with Gasteiger partial charge < -0.3 is 10.2 Å². The Morgan fingerprint density at radius 1 is 0.833 bits per heavy atom. The number of sulfonamides is 1. The number of rotatable bonds is 10. The van der Waals surface area contributed by atoms with Crippen LogP contribution in [0.2, 0.25) is 0 Å². The van der Waals surface area contributed by atoms with E-state index in [2.05, 4.69) is 5.32 Å². The van der Waals surface area contributed by atoms with Crippen LogP contribution in [0.4, 0.5) is 5.69 Å². The number of aryl methyl sites for hydroxylation is 1. The molecule has 1 N–H and O–H groups in total. The Labute approximate surface area is 249 Å². The Morgan fingerprint density at radius 2 is 1.45 bits per heavy atom. The van der Waals surface area contributed by atoms with Gasteiger partial charge in [0.05, 0.1) is 11.9 Å². The number of hydrogen-bond donors (Lipinski definition) is 1. The highest BCUT2D eigenvalue weighted by molar-refractivity contribution is 7.92. The monoisotopic (exact) mass is 585 g/mol. The van der Waals surface area contributed by atoms with Gasteiger partial charge in [-0.15, -0.1) is 0 Å². The van der Waals surface area contributed by atoms with Gasteiger partial charge in [0.25, 0.3) is 0 Å².